The molecular weight excluding hydrogens is 883 g/mol. The van der Waals surface area contributed by atoms with E-state index in [2.05, 4.69) is 280 Å². The third-order valence-corrected chi connectivity index (χ3v) is 21.8. The second kappa shape index (κ2) is 15.2. The molecule has 1 spiro atoms. The van der Waals surface area contributed by atoms with Crippen LogP contribution in [0.2, 0.25) is 0 Å². The fraction of sp³-hybridized carbons (Fsp3) is 0.0571. The summed E-state index contributed by atoms with van der Waals surface area (Å²) >= 11 is 0. The van der Waals surface area contributed by atoms with Gasteiger partial charge in [0, 0.05) is 22.5 Å². The van der Waals surface area contributed by atoms with E-state index in [9.17, 15) is 0 Å². The minimum absolute atomic E-state index is 0.167. The average Bonchev–Trinajstić information content (AvgIpc) is 4.10. The zero-order valence-corrected chi connectivity index (χ0v) is 41.3. The van der Waals surface area contributed by atoms with Crippen LogP contribution in [0.15, 0.2) is 261 Å². The molecule has 0 aromatic heterocycles. The maximum atomic E-state index is 2.56. The second-order valence-corrected chi connectivity index (χ2v) is 24.4. The van der Waals surface area contributed by atoms with Crippen molar-refractivity contribution in [2.24, 2.45) is 0 Å². The predicted molar refractivity (Wildman–Crippen MR) is 303 cm³/mol. The van der Waals surface area contributed by atoms with Gasteiger partial charge >= 0.3 is 0 Å². The predicted octanol–water partition coefficient (Wildman–Crippen LogP) is 14.8. The summed E-state index contributed by atoms with van der Waals surface area (Å²) in [5.74, 6) is 0. The van der Waals surface area contributed by atoms with Gasteiger partial charge < -0.3 is 4.90 Å². The molecule has 0 fully saturated rings. The minimum atomic E-state index is -2.93. The van der Waals surface area contributed by atoms with Gasteiger partial charge in [-0.25, -0.2) is 0 Å². The van der Waals surface area contributed by atoms with Gasteiger partial charge in [-0.3, -0.25) is 0 Å². The van der Waals surface area contributed by atoms with Crippen molar-refractivity contribution >= 4 is 45.9 Å². The Hall–Kier alpha value is -8.56. The first-order valence-corrected chi connectivity index (χ1v) is 27.4. The molecule has 1 nitrogen and oxygen atoms in total. The standard InChI is InChI=1S/C70H49NSi/c1-69(2)61-32-12-6-26-53(61)57-40-38-50(45-66(57)69)71(49-39-41-65-60(44-49)56-29-9-15-35-64(56)70(65)62-33-13-7-27-54(62)55-28-8-14-34-63(55)70)48-23-19-25-52(43-48)72(51-24-18-22-47(42-51)46-20-4-3-5-21-46)67-36-16-10-30-58(67)59-31-11-17-37-68(59)72/h3-45H,1-2H3. The first kappa shape index (κ1) is 41.2. The van der Waals surface area contributed by atoms with Crippen molar-refractivity contribution in [2.75, 3.05) is 4.90 Å². The Morgan fingerprint density at radius 3 is 1.35 bits per heavy atom. The van der Waals surface area contributed by atoms with Crippen LogP contribution < -0.4 is 25.6 Å². The van der Waals surface area contributed by atoms with Crippen LogP contribution in [0.5, 0.6) is 0 Å². The number of anilines is 3. The lowest BCUT2D eigenvalue weighted by Gasteiger charge is -2.34. The zero-order chi connectivity index (χ0) is 47.8. The quantitative estimate of drug-likeness (QED) is 0.150. The third kappa shape index (κ3) is 5.42. The highest BCUT2D eigenvalue weighted by atomic mass is 28.3. The first-order chi connectivity index (χ1) is 35.5. The van der Waals surface area contributed by atoms with Crippen molar-refractivity contribution in [1.82, 2.24) is 0 Å². The van der Waals surface area contributed by atoms with Crippen molar-refractivity contribution in [3.63, 3.8) is 0 Å². The van der Waals surface area contributed by atoms with Crippen molar-refractivity contribution in [3.8, 4) is 55.6 Å². The van der Waals surface area contributed by atoms with Crippen LogP contribution in [0.25, 0.3) is 55.6 Å². The maximum Gasteiger partial charge on any atom is 0.180 e. The number of benzene rings is 11. The Morgan fingerprint density at radius 2 is 0.708 bits per heavy atom. The van der Waals surface area contributed by atoms with Gasteiger partial charge in [-0.1, -0.05) is 238 Å². The number of fused-ring (bicyclic) bond motifs is 16. The summed E-state index contributed by atoms with van der Waals surface area (Å²) in [6.07, 6.45) is 0. The zero-order valence-electron chi connectivity index (χ0n) is 40.3. The minimum Gasteiger partial charge on any atom is -0.310 e. The molecule has 1 heterocycles. The summed E-state index contributed by atoms with van der Waals surface area (Å²) in [5.41, 5.74) is 24.0. The largest absolute Gasteiger partial charge is 0.310 e. The van der Waals surface area contributed by atoms with E-state index in [0.29, 0.717) is 0 Å². The summed E-state index contributed by atoms with van der Waals surface area (Å²) in [4.78, 5) is 2.56. The monoisotopic (exact) mass is 931 g/mol. The van der Waals surface area contributed by atoms with Crippen molar-refractivity contribution in [1.29, 1.82) is 0 Å². The number of nitrogens with zero attached hydrogens (tertiary/aromatic N) is 1. The van der Waals surface area contributed by atoms with Crippen LogP contribution in [-0.2, 0) is 10.8 Å². The Balaban J connectivity index is 0.986. The Morgan fingerprint density at radius 1 is 0.278 bits per heavy atom. The molecule has 4 aliphatic rings. The third-order valence-electron chi connectivity index (χ3n) is 17.0. The molecule has 2 heteroatoms. The van der Waals surface area contributed by atoms with Gasteiger partial charge in [-0.05, 0) is 146 Å². The lowest BCUT2D eigenvalue weighted by atomic mass is 9.70. The summed E-state index contributed by atoms with van der Waals surface area (Å²) in [7, 11) is -2.93. The van der Waals surface area contributed by atoms with Crippen LogP contribution in [0, 0.1) is 0 Å². The Kier molecular flexibility index (Phi) is 8.72. The summed E-state index contributed by atoms with van der Waals surface area (Å²) in [6.45, 7) is 4.78. The molecule has 3 aliphatic carbocycles. The van der Waals surface area contributed by atoms with E-state index in [1.54, 1.807) is 0 Å². The fourth-order valence-corrected chi connectivity index (χ4v) is 19.2. The van der Waals surface area contributed by atoms with Gasteiger partial charge in [0.15, 0.2) is 8.07 Å². The molecule has 1 aliphatic heterocycles. The molecule has 0 atom stereocenters. The van der Waals surface area contributed by atoms with Gasteiger partial charge in [0.2, 0.25) is 0 Å². The highest BCUT2D eigenvalue weighted by Crippen LogP contribution is 2.63. The first-order valence-electron chi connectivity index (χ1n) is 25.4. The Labute approximate surface area is 423 Å². The van der Waals surface area contributed by atoms with Gasteiger partial charge in [0.05, 0.1) is 5.41 Å². The molecule has 0 bridgehead atoms. The molecule has 0 N–H and O–H groups in total. The van der Waals surface area contributed by atoms with Gasteiger partial charge in [0.1, 0.15) is 0 Å². The van der Waals surface area contributed by atoms with Crippen LogP contribution in [0.4, 0.5) is 17.1 Å². The molecule has 0 unspecified atom stereocenters. The molecule has 11 aromatic rings. The lowest BCUT2D eigenvalue weighted by Crippen LogP contribution is -2.72. The number of hydrogen-bond donors (Lipinski definition) is 0. The van der Waals surface area contributed by atoms with Crippen molar-refractivity contribution in [2.45, 2.75) is 24.7 Å². The van der Waals surface area contributed by atoms with Crippen molar-refractivity contribution in [3.05, 3.63) is 294 Å². The number of hydrogen-bond acceptors (Lipinski definition) is 1. The van der Waals surface area contributed by atoms with Gasteiger partial charge in [0.25, 0.3) is 0 Å². The molecule has 72 heavy (non-hydrogen) atoms. The molecule has 15 rings (SSSR count). The maximum absolute atomic E-state index is 2.93. The molecule has 11 aromatic carbocycles. The van der Waals surface area contributed by atoms with E-state index in [1.807, 2.05) is 0 Å². The van der Waals surface area contributed by atoms with Crippen molar-refractivity contribution < 1.29 is 0 Å². The summed E-state index contributed by atoms with van der Waals surface area (Å²) < 4.78 is 0. The highest BCUT2D eigenvalue weighted by Gasteiger charge is 2.52. The van der Waals surface area contributed by atoms with Crippen LogP contribution >= 0.6 is 0 Å². The van der Waals surface area contributed by atoms with E-state index in [-0.39, 0.29) is 5.41 Å². The summed E-state index contributed by atoms with van der Waals surface area (Å²) in [5, 5.41) is 5.63. The average molecular weight is 932 g/mol. The number of rotatable bonds is 6. The second-order valence-electron chi connectivity index (χ2n) is 20.7. The van der Waals surface area contributed by atoms with E-state index in [4.69, 9.17) is 0 Å². The molecule has 0 radical (unpaired) electrons. The normalized spacial score (nSPS) is 14.9. The van der Waals surface area contributed by atoms with E-state index < -0.39 is 13.5 Å². The molecule has 0 saturated heterocycles. The molecule has 0 amide bonds. The van der Waals surface area contributed by atoms with Crippen LogP contribution in [0.3, 0.4) is 0 Å². The smallest absolute Gasteiger partial charge is 0.180 e. The van der Waals surface area contributed by atoms with Crippen LogP contribution in [-0.4, -0.2) is 8.07 Å². The van der Waals surface area contributed by atoms with E-state index in [0.717, 1.165) is 17.1 Å². The van der Waals surface area contributed by atoms with Gasteiger partial charge in [-0.15, -0.1) is 0 Å². The highest BCUT2D eigenvalue weighted by molar-refractivity contribution is 7.22. The van der Waals surface area contributed by atoms with Crippen LogP contribution in [0.1, 0.15) is 47.2 Å². The lowest BCUT2D eigenvalue weighted by molar-refractivity contribution is 0.660. The SMILES string of the molecule is CC1(C)c2ccccc2-c2ccc(N(c3cccc([Si]4(c5cccc(-c6ccccc6)c5)c5ccccc5-c5ccccc54)c3)c3ccc4c(c3)-c3ccccc3C43c4ccccc4-c4ccccc43)cc21. The molecular formula is C70H49NSi. The molecule has 338 valence electrons. The molecule has 0 saturated carbocycles. The Bertz CT molecular complexity index is 3960. The summed E-state index contributed by atoms with van der Waals surface area (Å²) in [6, 6.07) is 99.5. The van der Waals surface area contributed by atoms with E-state index >= 15 is 0 Å². The topological polar surface area (TPSA) is 3.24 Å². The van der Waals surface area contributed by atoms with Gasteiger partial charge in [-0.2, -0.15) is 0 Å². The fourth-order valence-electron chi connectivity index (χ4n) is 14.0. The van der Waals surface area contributed by atoms with E-state index in [1.165, 1.54) is 110 Å².